The Morgan fingerprint density at radius 1 is 1.00 bits per heavy atom. The summed E-state index contributed by atoms with van der Waals surface area (Å²) in [6.07, 6.45) is 0. The number of carbonyl (C=O) groups is 2. The van der Waals surface area contributed by atoms with Gasteiger partial charge in [0.15, 0.2) is 0 Å². The fourth-order valence-electron chi connectivity index (χ4n) is 5.09. The molecule has 0 saturated carbocycles. The first-order valence-electron chi connectivity index (χ1n) is 12.8. The normalized spacial score (nSPS) is 16.6. The van der Waals surface area contributed by atoms with Crippen molar-refractivity contribution >= 4 is 46.3 Å². The van der Waals surface area contributed by atoms with Gasteiger partial charge in [-0.2, -0.15) is 0 Å². The van der Waals surface area contributed by atoms with Crippen LogP contribution in [0, 0.1) is 13.8 Å². The number of aliphatic hydroxyl groups excluding tert-OH is 1. The van der Waals surface area contributed by atoms with E-state index in [1.54, 1.807) is 0 Å². The maximum atomic E-state index is 13.6. The van der Waals surface area contributed by atoms with Gasteiger partial charge in [0.2, 0.25) is 0 Å². The van der Waals surface area contributed by atoms with Gasteiger partial charge in [-0.05, 0) is 68.7 Å². The van der Waals surface area contributed by atoms with Gasteiger partial charge >= 0.3 is 0 Å². The van der Waals surface area contributed by atoms with Gasteiger partial charge in [-0.15, -0.1) is 0 Å². The molecule has 8 heteroatoms. The van der Waals surface area contributed by atoms with E-state index in [4.69, 9.17) is 27.9 Å². The molecule has 1 unspecified atom stereocenters. The Kier molecular flexibility index (Phi) is 8.57. The lowest BCUT2D eigenvalue weighted by Crippen LogP contribution is -2.29. The first kappa shape index (κ1) is 28.5. The molecular formula is C31H32Cl2N2O4. The number of carbonyl (C=O) groups excluding carboxylic acids is 2. The van der Waals surface area contributed by atoms with Crippen molar-refractivity contribution in [1.29, 1.82) is 0 Å². The molecule has 4 rings (SSSR count). The van der Waals surface area contributed by atoms with Gasteiger partial charge in [-0.3, -0.25) is 9.59 Å². The van der Waals surface area contributed by atoms with E-state index < -0.39 is 23.5 Å². The summed E-state index contributed by atoms with van der Waals surface area (Å²) in [6.45, 7) is 10.0. The molecule has 3 aromatic rings. The molecule has 1 saturated heterocycles. The fraction of sp³-hybridized carbons (Fsp3) is 0.290. The molecule has 0 radical (unpaired) electrons. The van der Waals surface area contributed by atoms with Crippen molar-refractivity contribution in [1.82, 2.24) is 4.90 Å². The number of ether oxygens (including phenoxy) is 1. The summed E-state index contributed by atoms with van der Waals surface area (Å²) in [6, 6.07) is 15.9. The van der Waals surface area contributed by atoms with Gasteiger partial charge in [-0.1, -0.05) is 59.1 Å². The third-order valence-electron chi connectivity index (χ3n) is 7.19. The van der Waals surface area contributed by atoms with Gasteiger partial charge in [0.25, 0.3) is 11.7 Å². The number of anilines is 1. The van der Waals surface area contributed by atoms with E-state index in [9.17, 15) is 14.7 Å². The van der Waals surface area contributed by atoms with Crippen LogP contribution in [0.25, 0.3) is 5.76 Å². The average Bonchev–Trinajstić information content (AvgIpc) is 3.16. The number of hydrogen-bond donors (Lipinski definition) is 1. The van der Waals surface area contributed by atoms with E-state index in [2.05, 4.69) is 18.7 Å². The molecule has 1 aliphatic heterocycles. The van der Waals surface area contributed by atoms with Crippen LogP contribution in [-0.4, -0.2) is 41.9 Å². The predicted molar refractivity (Wildman–Crippen MR) is 157 cm³/mol. The lowest BCUT2D eigenvalue weighted by molar-refractivity contribution is -0.140. The van der Waals surface area contributed by atoms with Gasteiger partial charge in [0.1, 0.15) is 11.5 Å². The highest BCUT2D eigenvalue weighted by Crippen LogP contribution is 2.44. The standard InChI is InChI=1S/C31H32Cl2N2O4/c1-6-34(7-2)23-12-10-20(11-13-23)27-26(28(36)24-15-22(32)16-25(33)30(24)39-5)29(37)31(38)35(27)17-21-14-18(3)8-9-19(21)4/h8-16,27,36H,6-7,17H2,1-5H3/b28-26+. The molecule has 0 bridgehead atoms. The van der Waals surface area contributed by atoms with E-state index in [1.807, 2.05) is 56.3 Å². The highest BCUT2D eigenvalue weighted by atomic mass is 35.5. The second kappa shape index (κ2) is 11.7. The van der Waals surface area contributed by atoms with E-state index in [-0.39, 0.29) is 33.5 Å². The van der Waals surface area contributed by atoms with Gasteiger partial charge in [0.05, 0.1) is 29.3 Å². The van der Waals surface area contributed by atoms with E-state index in [0.29, 0.717) is 5.56 Å². The average molecular weight is 568 g/mol. The molecule has 0 aromatic heterocycles. The zero-order chi connectivity index (χ0) is 28.4. The molecule has 1 fully saturated rings. The number of ketones is 1. The molecular weight excluding hydrogens is 535 g/mol. The van der Waals surface area contributed by atoms with Crippen molar-refractivity contribution < 1.29 is 19.4 Å². The van der Waals surface area contributed by atoms with Crippen molar-refractivity contribution in [3.63, 3.8) is 0 Å². The van der Waals surface area contributed by atoms with Crippen LogP contribution in [-0.2, 0) is 16.1 Å². The predicted octanol–water partition coefficient (Wildman–Crippen LogP) is 7.09. The van der Waals surface area contributed by atoms with E-state index in [1.165, 1.54) is 24.1 Å². The molecule has 1 aliphatic rings. The SMILES string of the molecule is CCN(CC)c1ccc(C2/C(=C(\O)c3cc(Cl)cc(Cl)c3OC)C(=O)C(=O)N2Cc2cc(C)ccc2C)cc1. The smallest absolute Gasteiger partial charge is 0.295 e. The van der Waals surface area contributed by atoms with Crippen LogP contribution in [0.2, 0.25) is 10.0 Å². The first-order valence-corrected chi connectivity index (χ1v) is 13.6. The second-order valence-electron chi connectivity index (χ2n) is 9.59. The van der Waals surface area contributed by atoms with Gasteiger partial charge < -0.3 is 19.6 Å². The number of aryl methyl sites for hydroxylation is 2. The summed E-state index contributed by atoms with van der Waals surface area (Å²) in [5.74, 6) is -1.71. The maximum absolute atomic E-state index is 13.6. The summed E-state index contributed by atoms with van der Waals surface area (Å²) < 4.78 is 5.43. The van der Waals surface area contributed by atoms with Gasteiger partial charge in [-0.25, -0.2) is 0 Å². The van der Waals surface area contributed by atoms with Crippen molar-refractivity contribution in [2.75, 3.05) is 25.1 Å². The number of aliphatic hydroxyl groups is 1. The monoisotopic (exact) mass is 566 g/mol. The number of amides is 1. The zero-order valence-electron chi connectivity index (χ0n) is 22.7. The number of rotatable bonds is 8. The van der Waals surface area contributed by atoms with E-state index in [0.717, 1.165) is 35.5 Å². The molecule has 6 nitrogen and oxygen atoms in total. The van der Waals surface area contributed by atoms with Crippen LogP contribution in [0.4, 0.5) is 5.69 Å². The fourth-order valence-corrected chi connectivity index (χ4v) is 5.66. The number of Topliss-reactive ketones (excluding diaryl/α,β-unsaturated/α-hetero) is 1. The van der Waals surface area contributed by atoms with Crippen LogP contribution < -0.4 is 9.64 Å². The summed E-state index contributed by atoms with van der Waals surface area (Å²) >= 11 is 12.6. The molecule has 1 heterocycles. The third kappa shape index (κ3) is 5.49. The summed E-state index contributed by atoms with van der Waals surface area (Å²) in [5, 5.41) is 12.0. The second-order valence-corrected chi connectivity index (χ2v) is 10.4. The number of methoxy groups -OCH3 is 1. The zero-order valence-corrected chi connectivity index (χ0v) is 24.2. The number of halogens is 2. The van der Waals surface area contributed by atoms with Crippen molar-refractivity contribution in [3.8, 4) is 5.75 Å². The number of nitrogens with zero attached hydrogens (tertiary/aromatic N) is 2. The minimum atomic E-state index is -0.835. The highest BCUT2D eigenvalue weighted by molar-refractivity contribution is 6.46. The molecule has 0 aliphatic carbocycles. The Balaban J connectivity index is 1.92. The van der Waals surface area contributed by atoms with Crippen LogP contribution in [0.5, 0.6) is 5.75 Å². The lowest BCUT2D eigenvalue weighted by atomic mass is 9.94. The minimum absolute atomic E-state index is 0.0440. The number of benzene rings is 3. The van der Waals surface area contributed by atoms with Gasteiger partial charge in [0, 0.05) is 30.3 Å². The largest absolute Gasteiger partial charge is 0.507 e. The third-order valence-corrected chi connectivity index (χ3v) is 7.69. The molecule has 1 N–H and O–H groups in total. The van der Waals surface area contributed by atoms with Crippen molar-refractivity contribution in [2.24, 2.45) is 0 Å². The van der Waals surface area contributed by atoms with Crippen LogP contribution in [0.1, 0.15) is 47.7 Å². The molecule has 0 spiro atoms. The first-order chi connectivity index (χ1) is 18.6. The maximum Gasteiger partial charge on any atom is 0.295 e. The van der Waals surface area contributed by atoms with Crippen LogP contribution in [0.15, 0.2) is 60.2 Å². The molecule has 1 amide bonds. The Hall–Kier alpha value is -3.48. The molecule has 1 atom stereocenters. The highest BCUT2D eigenvalue weighted by Gasteiger charge is 2.46. The topological polar surface area (TPSA) is 70.1 Å². The summed E-state index contributed by atoms with van der Waals surface area (Å²) in [5.41, 5.74) is 4.79. The Bertz CT molecular complexity index is 1450. The lowest BCUT2D eigenvalue weighted by Gasteiger charge is -2.27. The molecule has 204 valence electrons. The Morgan fingerprint density at radius 3 is 2.28 bits per heavy atom. The Morgan fingerprint density at radius 2 is 1.67 bits per heavy atom. The number of likely N-dealkylation sites (tertiary alicyclic amines) is 1. The molecule has 39 heavy (non-hydrogen) atoms. The van der Waals surface area contributed by atoms with Crippen molar-refractivity contribution in [2.45, 2.75) is 40.3 Å². The minimum Gasteiger partial charge on any atom is -0.507 e. The van der Waals surface area contributed by atoms with Crippen molar-refractivity contribution in [3.05, 3.63) is 98.0 Å². The summed E-state index contributed by atoms with van der Waals surface area (Å²) in [4.78, 5) is 30.8. The van der Waals surface area contributed by atoms with Crippen LogP contribution >= 0.6 is 23.2 Å². The summed E-state index contributed by atoms with van der Waals surface area (Å²) in [7, 11) is 1.41. The Labute approximate surface area is 239 Å². The number of hydrogen-bond acceptors (Lipinski definition) is 5. The quantitative estimate of drug-likeness (QED) is 0.179. The van der Waals surface area contributed by atoms with E-state index >= 15 is 0 Å². The van der Waals surface area contributed by atoms with Crippen LogP contribution in [0.3, 0.4) is 0 Å². The molecule has 3 aromatic carbocycles.